The van der Waals surface area contributed by atoms with Crippen LogP contribution in [0.25, 0.3) is 0 Å². The monoisotopic (exact) mass is 283 g/mol. The predicted octanol–water partition coefficient (Wildman–Crippen LogP) is 2.04. The molecule has 0 saturated carbocycles. The van der Waals surface area contributed by atoms with Crippen LogP contribution in [0, 0.1) is 11.3 Å². The number of anilines is 1. The van der Waals surface area contributed by atoms with Gasteiger partial charge in [-0.3, -0.25) is 4.79 Å². The summed E-state index contributed by atoms with van der Waals surface area (Å²) in [5.41, 5.74) is 11.9. The summed E-state index contributed by atoms with van der Waals surface area (Å²) >= 11 is 0. The highest BCUT2D eigenvalue weighted by atomic mass is 16.5. The molecule has 106 valence electrons. The van der Waals surface area contributed by atoms with E-state index in [1.54, 1.807) is 24.3 Å². The third-order valence-electron chi connectivity index (χ3n) is 2.74. The molecule has 6 heteroatoms. The maximum Gasteiger partial charge on any atom is 0.252 e. The second kappa shape index (κ2) is 5.84. The summed E-state index contributed by atoms with van der Waals surface area (Å²) in [6.45, 7) is 0. The van der Waals surface area contributed by atoms with Gasteiger partial charge in [0.2, 0.25) is 0 Å². The third kappa shape index (κ3) is 3.22. The number of nitriles is 1. The van der Waals surface area contributed by atoms with Gasteiger partial charge < -0.3 is 20.9 Å². The Hall–Kier alpha value is -3.20. The average Bonchev–Trinajstić information content (AvgIpc) is 2.48. The molecule has 0 aliphatic carbocycles. The minimum Gasteiger partial charge on any atom is -0.497 e. The first-order chi connectivity index (χ1) is 10.0. The molecular formula is C15H13N3O3. The zero-order valence-corrected chi connectivity index (χ0v) is 11.3. The normalized spacial score (nSPS) is 9.71. The lowest BCUT2D eigenvalue weighted by Gasteiger charge is -2.11. The number of carbonyl (C=O) groups excluding carboxylic acids is 1. The van der Waals surface area contributed by atoms with Crippen LogP contribution in [0.2, 0.25) is 0 Å². The Morgan fingerprint density at radius 3 is 2.52 bits per heavy atom. The quantitative estimate of drug-likeness (QED) is 0.834. The van der Waals surface area contributed by atoms with Crippen LogP contribution in [0.1, 0.15) is 15.9 Å². The Bertz CT molecular complexity index is 735. The lowest BCUT2D eigenvalue weighted by Crippen LogP contribution is -2.12. The number of hydrogen-bond acceptors (Lipinski definition) is 5. The molecule has 0 spiro atoms. The number of rotatable bonds is 4. The van der Waals surface area contributed by atoms with E-state index in [1.807, 2.05) is 6.07 Å². The van der Waals surface area contributed by atoms with Gasteiger partial charge in [0.1, 0.15) is 17.2 Å². The topological polar surface area (TPSA) is 111 Å². The summed E-state index contributed by atoms with van der Waals surface area (Å²) in [6, 6.07) is 11.3. The Kier molecular flexibility index (Phi) is 3.95. The van der Waals surface area contributed by atoms with E-state index in [2.05, 4.69) is 0 Å². The number of carbonyl (C=O) groups is 1. The van der Waals surface area contributed by atoms with Crippen molar-refractivity contribution in [3.8, 4) is 23.3 Å². The number of ether oxygens (including phenoxy) is 2. The van der Waals surface area contributed by atoms with E-state index >= 15 is 0 Å². The van der Waals surface area contributed by atoms with Crippen molar-refractivity contribution >= 4 is 11.6 Å². The summed E-state index contributed by atoms with van der Waals surface area (Å²) in [4.78, 5) is 11.4. The van der Waals surface area contributed by atoms with Crippen molar-refractivity contribution in [3.05, 3.63) is 47.5 Å². The van der Waals surface area contributed by atoms with Crippen LogP contribution in [0.5, 0.6) is 17.2 Å². The van der Waals surface area contributed by atoms with Gasteiger partial charge in [0.15, 0.2) is 0 Å². The highest BCUT2D eigenvalue weighted by molar-refractivity contribution is 5.96. The first kappa shape index (κ1) is 14.2. The molecule has 1 amide bonds. The maximum absolute atomic E-state index is 11.4. The number of hydrogen-bond donors (Lipinski definition) is 2. The molecule has 0 aromatic heterocycles. The van der Waals surface area contributed by atoms with Gasteiger partial charge in [-0.1, -0.05) is 0 Å². The summed E-state index contributed by atoms with van der Waals surface area (Å²) in [7, 11) is 1.48. The SMILES string of the molecule is COc1cc(C#N)cc(Oc2ccc(N)cc2C(N)=O)c1. The van der Waals surface area contributed by atoms with Crippen LogP contribution >= 0.6 is 0 Å². The first-order valence-corrected chi connectivity index (χ1v) is 6.00. The van der Waals surface area contributed by atoms with E-state index in [0.717, 1.165) is 0 Å². The Labute approximate surface area is 121 Å². The molecule has 21 heavy (non-hydrogen) atoms. The Morgan fingerprint density at radius 2 is 1.90 bits per heavy atom. The molecule has 0 aliphatic rings. The molecule has 0 saturated heterocycles. The number of benzene rings is 2. The Balaban J connectivity index is 2.43. The standard InChI is InChI=1S/C15H13N3O3/c1-20-11-4-9(8-16)5-12(7-11)21-14-3-2-10(17)6-13(14)15(18)19/h2-7H,17H2,1H3,(H2,18,19). The van der Waals surface area contributed by atoms with Crippen LogP contribution in [0.3, 0.4) is 0 Å². The van der Waals surface area contributed by atoms with Crippen LogP contribution in [0.4, 0.5) is 5.69 Å². The first-order valence-electron chi connectivity index (χ1n) is 6.00. The summed E-state index contributed by atoms with van der Waals surface area (Å²) < 4.78 is 10.7. The molecule has 0 radical (unpaired) electrons. The molecule has 2 rings (SSSR count). The van der Waals surface area contributed by atoms with E-state index in [9.17, 15) is 4.79 Å². The molecule has 2 aromatic carbocycles. The second-order valence-electron chi connectivity index (χ2n) is 4.23. The van der Waals surface area contributed by atoms with Crippen LogP contribution in [-0.4, -0.2) is 13.0 Å². The van der Waals surface area contributed by atoms with E-state index in [-0.39, 0.29) is 11.3 Å². The van der Waals surface area contributed by atoms with Gasteiger partial charge in [0, 0.05) is 11.8 Å². The fourth-order valence-corrected chi connectivity index (χ4v) is 1.77. The van der Waals surface area contributed by atoms with Crippen molar-refractivity contribution in [2.45, 2.75) is 0 Å². The van der Waals surface area contributed by atoms with Crippen molar-refractivity contribution in [1.82, 2.24) is 0 Å². The molecule has 0 atom stereocenters. The minimum absolute atomic E-state index is 0.163. The van der Waals surface area contributed by atoms with Crippen LogP contribution < -0.4 is 20.9 Å². The van der Waals surface area contributed by atoms with Gasteiger partial charge in [0.05, 0.1) is 24.3 Å². The predicted molar refractivity (Wildman–Crippen MR) is 77.2 cm³/mol. The van der Waals surface area contributed by atoms with E-state index in [0.29, 0.717) is 22.7 Å². The number of nitrogens with two attached hydrogens (primary N) is 2. The van der Waals surface area contributed by atoms with Crippen molar-refractivity contribution in [2.24, 2.45) is 5.73 Å². The molecule has 4 N–H and O–H groups in total. The van der Waals surface area contributed by atoms with Crippen molar-refractivity contribution < 1.29 is 14.3 Å². The smallest absolute Gasteiger partial charge is 0.252 e. The van der Waals surface area contributed by atoms with Gasteiger partial charge in [0.25, 0.3) is 5.91 Å². The zero-order chi connectivity index (χ0) is 15.4. The maximum atomic E-state index is 11.4. The molecule has 2 aromatic rings. The van der Waals surface area contributed by atoms with Gasteiger partial charge in [-0.05, 0) is 30.3 Å². The van der Waals surface area contributed by atoms with Crippen LogP contribution in [0.15, 0.2) is 36.4 Å². The second-order valence-corrected chi connectivity index (χ2v) is 4.23. The number of nitrogens with zero attached hydrogens (tertiary/aromatic N) is 1. The third-order valence-corrected chi connectivity index (χ3v) is 2.74. The van der Waals surface area contributed by atoms with Gasteiger partial charge >= 0.3 is 0 Å². The molecule has 0 aliphatic heterocycles. The molecular weight excluding hydrogens is 270 g/mol. The van der Waals surface area contributed by atoms with Gasteiger partial charge in [-0.15, -0.1) is 0 Å². The van der Waals surface area contributed by atoms with E-state index < -0.39 is 5.91 Å². The fourth-order valence-electron chi connectivity index (χ4n) is 1.77. The molecule has 0 heterocycles. The minimum atomic E-state index is -0.652. The van der Waals surface area contributed by atoms with Gasteiger partial charge in [-0.2, -0.15) is 5.26 Å². The summed E-state index contributed by atoms with van der Waals surface area (Å²) in [5, 5.41) is 8.98. The van der Waals surface area contributed by atoms with Crippen molar-refractivity contribution in [3.63, 3.8) is 0 Å². The number of amides is 1. The largest absolute Gasteiger partial charge is 0.497 e. The molecule has 0 bridgehead atoms. The molecule has 6 nitrogen and oxygen atoms in total. The summed E-state index contributed by atoms with van der Waals surface area (Å²) in [6.07, 6.45) is 0. The van der Waals surface area contributed by atoms with E-state index in [1.165, 1.54) is 19.2 Å². The average molecular weight is 283 g/mol. The fraction of sp³-hybridized carbons (Fsp3) is 0.0667. The lowest BCUT2D eigenvalue weighted by molar-refractivity contribution is 0.0998. The molecule has 0 fully saturated rings. The van der Waals surface area contributed by atoms with E-state index in [4.69, 9.17) is 26.2 Å². The lowest BCUT2D eigenvalue weighted by atomic mass is 10.1. The van der Waals surface area contributed by atoms with Crippen molar-refractivity contribution in [1.29, 1.82) is 5.26 Å². The van der Waals surface area contributed by atoms with Gasteiger partial charge in [-0.25, -0.2) is 0 Å². The zero-order valence-electron chi connectivity index (χ0n) is 11.3. The van der Waals surface area contributed by atoms with Crippen LogP contribution in [-0.2, 0) is 0 Å². The number of methoxy groups -OCH3 is 1. The number of nitrogen functional groups attached to an aromatic ring is 1. The summed E-state index contributed by atoms with van der Waals surface area (Å²) in [5.74, 6) is 0.438. The number of primary amides is 1. The molecule has 0 unspecified atom stereocenters. The highest BCUT2D eigenvalue weighted by Crippen LogP contribution is 2.30. The Morgan fingerprint density at radius 1 is 1.19 bits per heavy atom. The van der Waals surface area contributed by atoms with Crippen molar-refractivity contribution in [2.75, 3.05) is 12.8 Å². The highest BCUT2D eigenvalue weighted by Gasteiger charge is 2.12.